The number of para-hydroxylation sites is 2. The number of carbonyl (C=O) groups is 1. The van der Waals surface area contributed by atoms with Crippen molar-refractivity contribution in [1.29, 1.82) is 0 Å². The van der Waals surface area contributed by atoms with Crippen molar-refractivity contribution in [2.75, 3.05) is 60.2 Å². The second-order valence-corrected chi connectivity index (χ2v) is 9.22. The molecule has 0 bridgehead atoms. The first-order valence-electron chi connectivity index (χ1n) is 12.1. The summed E-state index contributed by atoms with van der Waals surface area (Å²) >= 11 is 0. The monoisotopic (exact) mass is 466 g/mol. The molecule has 1 aliphatic rings. The molecule has 0 aliphatic carbocycles. The van der Waals surface area contributed by atoms with E-state index in [0.717, 1.165) is 63.6 Å². The Bertz CT molecular complexity index is 916. The average molecular weight is 467 g/mol. The van der Waals surface area contributed by atoms with Gasteiger partial charge in [-0.05, 0) is 70.0 Å². The number of hydrogen-bond acceptors (Lipinski definition) is 6. The van der Waals surface area contributed by atoms with Crippen molar-refractivity contribution in [3.05, 3.63) is 60.7 Å². The van der Waals surface area contributed by atoms with Crippen molar-refractivity contribution in [3.8, 4) is 0 Å². The maximum atomic E-state index is 12.1. The summed E-state index contributed by atoms with van der Waals surface area (Å²) in [6.45, 7) is 10.7. The van der Waals surface area contributed by atoms with Crippen molar-refractivity contribution >= 4 is 28.8 Å². The van der Waals surface area contributed by atoms with Crippen LogP contribution in [0.5, 0.6) is 0 Å². The van der Waals surface area contributed by atoms with E-state index < -0.39 is 11.7 Å². The van der Waals surface area contributed by atoms with E-state index in [4.69, 9.17) is 9.47 Å². The lowest BCUT2D eigenvalue weighted by Gasteiger charge is -2.28. The second kappa shape index (κ2) is 12.9. The number of nitrogens with zero attached hydrogens (tertiary/aromatic N) is 1. The Morgan fingerprint density at radius 2 is 1.56 bits per heavy atom. The summed E-state index contributed by atoms with van der Waals surface area (Å²) in [5, 5.41) is 9.67. The fraction of sp³-hybridized carbons (Fsp3) is 0.444. The lowest BCUT2D eigenvalue weighted by atomic mass is 10.2. The number of amides is 1. The maximum Gasteiger partial charge on any atom is 0.412 e. The first kappa shape index (κ1) is 25.4. The van der Waals surface area contributed by atoms with Gasteiger partial charge in [0.15, 0.2) is 0 Å². The minimum absolute atomic E-state index is 0.454. The molecule has 1 amide bonds. The predicted molar refractivity (Wildman–Crippen MR) is 141 cm³/mol. The van der Waals surface area contributed by atoms with Gasteiger partial charge in [-0.3, -0.25) is 5.32 Å². The molecule has 1 saturated heterocycles. The van der Waals surface area contributed by atoms with Gasteiger partial charge < -0.3 is 25.0 Å². The van der Waals surface area contributed by atoms with Gasteiger partial charge in [0.1, 0.15) is 5.60 Å². The minimum atomic E-state index is -0.529. The van der Waals surface area contributed by atoms with Crippen molar-refractivity contribution in [2.45, 2.75) is 39.2 Å². The van der Waals surface area contributed by atoms with Crippen LogP contribution in [-0.2, 0) is 9.47 Å². The van der Waals surface area contributed by atoms with Crippen molar-refractivity contribution < 1.29 is 14.3 Å². The van der Waals surface area contributed by atoms with Crippen LogP contribution in [0, 0.1) is 0 Å². The van der Waals surface area contributed by atoms with E-state index in [9.17, 15) is 4.79 Å². The normalized spacial score (nSPS) is 14.1. The van der Waals surface area contributed by atoms with Gasteiger partial charge in [-0.25, -0.2) is 4.79 Å². The number of nitrogens with one attached hydrogen (secondary N) is 3. The van der Waals surface area contributed by atoms with Gasteiger partial charge in [-0.2, -0.15) is 0 Å². The predicted octanol–water partition coefficient (Wildman–Crippen LogP) is 5.73. The van der Waals surface area contributed by atoms with E-state index >= 15 is 0 Å². The molecule has 0 radical (unpaired) electrons. The zero-order valence-electron chi connectivity index (χ0n) is 20.6. The summed E-state index contributed by atoms with van der Waals surface area (Å²) in [4.78, 5) is 14.4. The standard InChI is InChI=1S/C27H38N4O3/c1-27(2,3)34-26(32)30-25-11-7-6-10-24(25)29-17-9-5-4-8-16-28-22-12-14-23(15-13-22)31-18-20-33-21-19-31/h4-7,10-15,28-29H,8-9,16-21H2,1-3H3,(H,30,32). The average Bonchev–Trinajstić information content (AvgIpc) is 2.81. The van der Waals surface area contributed by atoms with Crippen LogP contribution in [0.4, 0.5) is 27.5 Å². The third-order valence-corrected chi connectivity index (χ3v) is 5.24. The van der Waals surface area contributed by atoms with Crippen LogP contribution in [0.15, 0.2) is 60.7 Å². The highest BCUT2D eigenvalue weighted by Gasteiger charge is 2.17. The van der Waals surface area contributed by atoms with Crippen LogP contribution >= 0.6 is 0 Å². The molecule has 7 nitrogen and oxygen atoms in total. The molecule has 0 spiro atoms. The van der Waals surface area contributed by atoms with E-state index in [0.29, 0.717) is 5.69 Å². The summed E-state index contributed by atoms with van der Waals surface area (Å²) in [7, 11) is 0. The molecule has 2 aromatic rings. The van der Waals surface area contributed by atoms with Crippen LogP contribution < -0.4 is 20.9 Å². The molecule has 0 saturated carbocycles. The fourth-order valence-corrected chi connectivity index (χ4v) is 3.60. The molecule has 2 aromatic carbocycles. The lowest BCUT2D eigenvalue weighted by Crippen LogP contribution is -2.36. The molecule has 0 unspecified atom stereocenters. The summed E-state index contributed by atoms with van der Waals surface area (Å²) < 4.78 is 10.8. The highest BCUT2D eigenvalue weighted by atomic mass is 16.6. The Morgan fingerprint density at radius 1 is 0.941 bits per heavy atom. The zero-order chi connectivity index (χ0) is 24.2. The van der Waals surface area contributed by atoms with E-state index in [2.05, 4.69) is 57.3 Å². The Kier molecular flexibility index (Phi) is 9.64. The fourth-order valence-electron chi connectivity index (χ4n) is 3.60. The number of anilines is 4. The van der Waals surface area contributed by atoms with Crippen molar-refractivity contribution in [2.24, 2.45) is 0 Å². The van der Waals surface area contributed by atoms with Crippen LogP contribution in [-0.4, -0.2) is 51.1 Å². The smallest absolute Gasteiger partial charge is 0.412 e. The molecule has 1 aliphatic heterocycles. The number of rotatable bonds is 10. The molecular weight excluding hydrogens is 428 g/mol. The van der Waals surface area contributed by atoms with Crippen LogP contribution in [0.1, 0.15) is 33.6 Å². The molecule has 7 heteroatoms. The van der Waals surface area contributed by atoms with Crippen LogP contribution in [0.3, 0.4) is 0 Å². The minimum Gasteiger partial charge on any atom is -0.444 e. The van der Waals surface area contributed by atoms with Gasteiger partial charge in [0.25, 0.3) is 0 Å². The molecular formula is C27H38N4O3. The van der Waals surface area contributed by atoms with Gasteiger partial charge in [0.05, 0.1) is 24.6 Å². The molecule has 0 aromatic heterocycles. The van der Waals surface area contributed by atoms with Crippen molar-refractivity contribution in [3.63, 3.8) is 0 Å². The van der Waals surface area contributed by atoms with E-state index in [1.807, 2.05) is 45.0 Å². The quantitative estimate of drug-likeness (QED) is 0.307. The van der Waals surface area contributed by atoms with E-state index in [1.165, 1.54) is 5.69 Å². The first-order chi connectivity index (χ1) is 16.4. The number of benzene rings is 2. The van der Waals surface area contributed by atoms with E-state index in [1.54, 1.807) is 0 Å². The molecule has 3 rings (SSSR count). The molecule has 0 atom stereocenters. The Balaban J connectivity index is 1.32. The summed E-state index contributed by atoms with van der Waals surface area (Å²) in [5.74, 6) is 0. The molecule has 3 N–H and O–H groups in total. The van der Waals surface area contributed by atoms with Crippen LogP contribution in [0.2, 0.25) is 0 Å². The Morgan fingerprint density at radius 3 is 2.21 bits per heavy atom. The maximum absolute atomic E-state index is 12.1. The summed E-state index contributed by atoms with van der Waals surface area (Å²) in [6, 6.07) is 16.3. The number of ether oxygens (including phenoxy) is 2. The van der Waals surface area contributed by atoms with Crippen molar-refractivity contribution in [1.82, 2.24) is 0 Å². The van der Waals surface area contributed by atoms with Gasteiger partial charge in [-0.15, -0.1) is 0 Å². The SMILES string of the molecule is CC(C)(C)OC(=O)Nc1ccccc1NCCC=CCCNc1ccc(N2CCOCC2)cc1. The topological polar surface area (TPSA) is 74.9 Å². The highest BCUT2D eigenvalue weighted by Crippen LogP contribution is 2.22. The summed E-state index contributed by atoms with van der Waals surface area (Å²) in [5.41, 5.74) is 3.46. The van der Waals surface area contributed by atoms with Gasteiger partial charge in [0.2, 0.25) is 0 Å². The third-order valence-electron chi connectivity index (χ3n) is 5.24. The largest absolute Gasteiger partial charge is 0.444 e. The zero-order valence-corrected chi connectivity index (χ0v) is 20.6. The molecule has 1 heterocycles. The highest BCUT2D eigenvalue weighted by molar-refractivity contribution is 5.89. The van der Waals surface area contributed by atoms with Gasteiger partial charge in [0, 0.05) is 37.6 Å². The Labute approximate surface area is 203 Å². The summed E-state index contributed by atoms with van der Waals surface area (Å²) in [6.07, 6.45) is 5.78. The van der Waals surface area contributed by atoms with E-state index in [-0.39, 0.29) is 0 Å². The Hall–Kier alpha value is -3.19. The second-order valence-electron chi connectivity index (χ2n) is 9.22. The van der Waals surface area contributed by atoms with Gasteiger partial charge >= 0.3 is 6.09 Å². The number of hydrogen-bond donors (Lipinski definition) is 3. The van der Waals surface area contributed by atoms with Gasteiger partial charge in [-0.1, -0.05) is 24.3 Å². The van der Waals surface area contributed by atoms with Crippen LogP contribution in [0.25, 0.3) is 0 Å². The lowest BCUT2D eigenvalue weighted by molar-refractivity contribution is 0.0636. The first-order valence-corrected chi connectivity index (χ1v) is 12.1. The number of carbonyl (C=O) groups excluding carboxylic acids is 1. The molecule has 184 valence electrons. The number of morpholine rings is 1. The molecule has 1 fully saturated rings. The molecule has 34 heavy (non-hydrogen) atoms. The third kappa shape index (κ3) is 8.98.